The van der Waals surface area contributed by atoms with Gasteiger partial charge in [0.25, 0.3) is 0 Å². The lowest BCUT2D eigenvalue weighted by molar-refractivity contribution is -0.121. The molecule has 1 aromatic heterocycles. The van der Waals surface area contributed by atoms with Crippen LogP contribution in [0.1, 0.15) is 11.6 Å². The van der Waals surface area contributed by atoms with Crippen LogP contribution in [0.25, 0.3) is 11.3 Å². The Kier molecular flexibility index (Phi) is 3.58. The summed E-state index contributed by atoms with van der Waals surface area (Å²) >= 11 is 0. The molecule has 1 amide bonds. The maximum atomic E-state index is 13.8. The number of carbonyl (C=O) groups excluding carboxylic acids is 1. The Morgan fingerprint density at radius 2 is 1.95 bits per heavy atom. The van der Waals surface area contributed by atoms with Crippen molar-refractivity contribution in [1.29, 1.82) is 0 Å². The number of aromatic nitrogens is 2. The van der Waals surface area contributed by atoms with Gasteiger partial charge in [-0.25, -0.2) is 8.78 Å². The molecule has 22 heavy (non-hydrogen) atoms. The van der Waals surface area contributed by atoms with E-state index in [0.717, 1.165) is 5.56 Å². The third kappa shape index (κ3) is 2.55. The Hall–Kier alpha value is -2.76. The van der Waals surface area contributed by atoms with Gasteiger partial charge in [0.1, 0.15) is 17.6 Å². The van der Waals surface area contributed by atoms with Crippen molar-refractivity contribution in [1.82, 2.24) is 10.2 Å². The first-order valence-electron chi connectivity index (χ1n) is 6.70. The van der Waals surface area contributed by atoms with E-state index in [9.17, 15) is 13.6 Å². The van der Waals surface area contributed by atoms with Gasteiger partial charge in [0.2, 0.25) is 5.91 Å². The van der Waals surface area contributed by atoms with Crippen molar-refractivity contribution in [2.24, 2.45) is 11.7 Å². The summed E-state index contributed by atoms with van der Waals surface area (Å²) in [5.74, 6) is -3.23. The summed E-state index contributed by atoms with van der Waals surface area (Å²) in [6.07, 6.45) is 4.46. The zero-order valence-corrected chi connectivity index (χ0v) is 11.5. The monoisotopic (exact) mass is 301 g/mol. The van der Waals surface area contributed by atoms with E-state index in [1.54, 1.807) is 24.3 Å². The summed E-state index contributed by atoms with van der Waals surface area (Å²) in [7, 11) is 0. The summed E-state index contributed by atoms with van der Waals surface area (Å²) in [6, 6.07) is 7.56. The topological polar surface area (TPSA) is 71.8 Å². The van der Waals surface area contributed by atoms with Gasteiger partial charge < -0.3 is 5.73 Å². The zero-order chi connectivity index (χ0) is 15.7. The van der Waals surface area contributed by atoms with E-state index in [0.29, 0.717) is 11.4 Å². The Morgan fingerprint density at radius 1 is 1.23 bits per heavy atom. The lowest BCUT2D eigenvalue weighted by Gasteiger charge is -2.21. The minimum absolute atomic E-state index is 0.337. The number of hydrogen-bond donors (Lipinski definition) is 2. The molecule has 2 unspecified atom stereocenters. The SMILES string of the molecule is NC(=O)C1C(F)=CC=CC1c1cc(-c2ccc(F)cc2)n[nH]1. The van der Waals surface area contributed by atoms with Gasteiger partial charge in [-0.1, -0.05) is 12.2 Å². The van der Waals surface area contributed by atoms with Crippen LogP contribution in [-0.4, -0.2) is 16.1 Å². The van der Waals surface area contributed by atoms with Crippen LogP contribution in [0.15, 0.2) is 54.4 Å². The number of aromatic amines is 1. The molecule has 112 valence electrons. The average Bonchev–Trinajstić information content (AvgIpc) is 2.97. The maximum Gasteiger partial charge on any atom is 0.228 e. The molecule has 0 spiro atoms. The highest BCUT2D eigenvalue weighted by Crippen LogP contribution is 2.35. The smallest absolute Gasteiger partial charge is 0.228 e. The standard InChI is InChI=1S/C16H13F2N3O/c17-10-6-4-9(5-7-10)13-8-14(21-20-13)11-2-1-3-12(18)15(11)16(19)22/h1-8,11,15H,(H2,19,22)(H,20,21). The van der Waals surface area contributed by atoms with Crippen LogP contribution < -0.4 is 5.73 Å². The fourth-order valence-corrected chi connectivity index (χ4v) is 2.53. The highest BCUT2D eigenvalue weighted by Gasteiger charge is 2.33. The van der Waals surface area contributed by atoms with Crippen molar-refractivity contribution in [3.63, 3.8) is 0 Å². The van der Waals surface area contributed by atoms with Crippen molar-refractivity contribution in [2.75, 3.05) is 0 Å². The van der Waals surface area contributed by atoms with Crippen molar-refractivity contribution >= 4 is 5.91 Å². The largest absolute Gasteiger partial charge is 0.369 e. The lowest BCUT2D eigenvalue weighted by Crippen LogP contribution is -2.30. The van der Waals surface area contributed by atoms with E-state index < -0.39 is 23.6 Å². The predicted octanol–water partition coefficient (Wildman–Crippen LogP) is 2.82. The first kappa shape index (κ1) is 14.2. The molecule has 0 bridgehead atoms. The van der Waals surface area contributed by atoms with Gasteiger partial charge in [-0.2, -0.15) is 5.10 Å². The molecule has 3 N–H and O–H groups in total. The minimum atomic E-state index is -1.05. The molecular weight excluding hydrogens is 288 g/mol. The number of nitrogens with one attached hydrogen (secondary N) is 1. The van der Waals surface area contributed by atoms with Crippen molar-refractivity contribution in [2.45, 2.75) is 5.92 Å². The zero-order valence-electron chi connectivity index (χ0n) is 11.5. The molecule has 1 aliphatic carbocycles. The fourth-order valence-electron chi connectivity index (χ4n) is 2.53. The molecule has 1 aliphatic rings. The van der Waals surface area contributed by atoms with E-state index in [1.165, 1.54) is 24.3 Å². The third-order valence-electron chi connectivity index (χ3n) is 3.63. The highest BCUT2D eigenvalue weighted by atomic mass is 19.1. The first-order chi connectivity index (χ1) is 10.6. The second-order valence-corrected chi connectivity index (χ2v) is 5.06. The third-order valence-corrected chi connectivity index (χ3v) is 3.63. The number of carbonyl (C=O) groups is 1. The van der Waals surface area contributed by atoms with E-state index >= 15 is 0 Å². The number of halogens is 2. The van der Waals surface area contributed by atoms with Gasteiger partial charge in [-0.15, -0.1) is 0 Å². The van der Waals surface area contributed by atoms with Gasteiger partial charge in [0.15, 0.2) is 0 Å². The second-order valence-electron chi connectivity index (χ2n) is 5.06. The quantitative estimate of drug-likeness (QED) is 0.915. The van der Waals surface area contributed by atoms with Crippen LogP contribution in [0.2, 0.25) is 0 Å². The Morgan fingerprint density at radius 3 is 2.64 bits per heavy atom. The van der Waals surface area contributed by atoms with Crippen LogP contribution in [0.3, 0.4) is 0 Å². The van der Waals surface area contributed by atoms with Crippen molar-refractivity contribution in [3.05, 3.63) is 65.9 Å². The van der Waals surface area contributed by atoms with Crippen LogP contribution in [0.5, 0.6) is 0 Å². The predicted molar refractivity (Wildman–Crippen MR) is 77.7 cm³/mol. The number of benzene rings is 1. The number of primary amides is 1. The summed E-state index contributed by atoms with van der Waals surface area (Å²) in [5.41, 5.74) is 7.16. The number of nitrogens with two attached hydrogens (primary N) is 1. The van der Waals surface area contributed by atoms with Gasteiger partial charge in [-0.3, -0.25) is 9.89 Å². The minimum Gasteiger partial charge on any atom is -0.369 e. The Bertz CT molecular complexity index is 762. The molecule has 0 fully saturated rings. The summed E-state index contributed by atoms with van der Waals surface area (Å²) in [5, 5.41) is 6.93. The van der Waals surface area contributed by atoms with Gasteiger partial charge in [0, 0.05) is 17.2 Å². The van der Waals surface area contributed by atoms with Crippen LogP contribution in [0, 0.1) is 11.7 Å². The number of rotatable bonds is 3. The Labute approximate surface area is 125 Å². The molecule has 2 atom stereocenters. The van der Waals surface area contributed by atoms with Gasteiger partial charge >= 0.3 is 0 Å². The molecule has 1 heterocycles. The number of H-pyrrole nitrogens is 1. The van der Waals surface area contributed by atoms with Crippen molar-refractivity contribution < 1.29 is 13.6 Å². The summed E-state index contributed by atoms with van der Waals surface area (Å²) < 4.78 is 26.8. The normalized spacial score (nSPS) is 20.7. The summed E-state index contributed by atoms with van der Waals surface area (Å²) in [6.45, 7) is 0. The number of hydrogen-bond acceptors (Lipinski definition) is 2. The van der Waals surface area contributed by atoms with Crippen LogP contribution in [0.4, 0.5) is 8.78 Å². The molecular formula is C16H13F2N3O. The van der Waals surface area contributed by atoms with E-state index in [1.807, 2.05) is 0 Å². The maximum absolute atomic E-state index is 13.8. The highest BCUT2D eigenvalue weighted by molar-refractivity contribution is 5.81. The molecule has 1 aromatic carbocycles. The van der Waals surface area contributed by atoms with E-state index in [-0.39, 0.29) is 5.82 Å². The average molecular weight is 301 g/mol. The van der Waals surface area contributed by atoms with Crippen LogP contribution >= 0.6 is 0 Å². The van der Waals surface area contributed by atoms with Crippen molar-refractivity contribution in [3.8, 4) is 11.3 Å². The number of amides is 1. The van der Waals surface area contributed by atoms with Gasteiger partial charge in [0.05, 0.1) is 5.69 Å². The molecule has 4 nitrogen and oxygen atoms in total. The molecule has 0 saturated carbocycles. The summed E-state index contributed by atoms with van der Waals surface area (Å²) in [4.78, 5) is 11.5. The molecule has 0 radical (unpaired) electrons. The molecule has 6 heteroatoms. The lowest BCUT2D eigenvalue weighted by atomic mass is 9.84. The Balaban J connectivity index is 1.93. The first-order valence-corrected chi connectivity index (χ1v) is 6.70. The second kappa shape index (κ2) is 5.55. The molecule has 2 aromatic rings. The molecule has 0 aliphatic heterocycles. The number of nitrogens with zero attached hydrogens (tertiary/aromatic N) is 1. The molecule has 3 rings (SSSR count). The van der Waals surface area contributed by atoms with E-state index in [2.05, 4.69) is 10.2 Å². The van der Waals surface area contributed by atoms with E-state index in [4.69, 9.17) is 5.73 Å². The fraction of sp³-hybridized carbons (Fsp3) is 0.125. The van der Waals surface area contributed by atoms with Gasteiger partial charge in [-0.05, 0) is 36.4 Å². The number of allylic oxidation sites excluding steroid dienone is 3. The van der Waals surface area contributed by atoms with Crippen LogP contribution in [-0.2, 0) is 4.79 Å². The molecule has 0 saturated heterocycles.